The van der Waals surface area contributed by atoms with Gasteiger partial charge in [0.05, 0.1) is 5.92 Å². The molecule has 0 fully saturated rings. The summed E-state index contributed by atoms with van der Waals surface area (Å²) in [6.07, 6.45) is 4.91. The first-order chi connectivity index (χ1) is 15.5. The van der Waals surface area contributed by atoms with Gasteiger partial charge in [-0.1, -0.05) is 55.5 Å². The summed E-state index contributed by atoms with van der Waals surface area (Å²) < 4.78 is 5.46. The summed E-state index contributed by atoms with van der Waals surface area (Å²) in [7, 11) is 0. The van der Waals surface area contributed by atoms with Gasteiger partial charge in [-0.05, 0) is 28.7 Å². The zero-order valence-electron chi connectivity index (χ0n) is 17.8. The van der Waals surface area contributed by atoms with Gasteiger partial charge in [0, 0.05) is 18.9 Å². The molecule has 2 unspecified atom stereocenters. The van der Waals surface area contributed by atoms with E-state index in [4.69, 9.17) is 16.3 Å². The number of hydrogen-bond donors (Lipinski definition) is 3. The van der Waals surface area contributed by atoms with E-state index in [2.05, 4.69) is 16.6 Å². The van der Waals surface area contributed by atoms with Crippen LogP contribution in [0.1, 0.15) is 36.8 Å². The molecule has 7 nitrogen and oxygen atoms in total. The van der Waals surface area contributed by atoms with Crippen LogP contribution >= 0.6 is 0 Å². The number of fused-ring (bicyclic) bond motifs is 3. The number of benzene rings is 2. The Hall–Kier alpha value is -3.79. The van der Waals surface area contributed by atoms with Crippen molar-refractivity contribution < 1.29 is 24.2 Å². The van der Waals surface area contributed by atoms with Crippen LogP contribution in [-0.2, 0) is 14.3 Å². The largest absolute Gasteiger partial charge is 0.481 e. The molecule has 32 heavy (non-hydrogen) atoms. The summed E-state index contributed by atoms with van der Waals surface area (Å²) >= 11 is 0. The van der Waals surface area contributed by atoms with Gasteiger partial charge in [0.2, 0.25) is 5.91 Å². The van der Waals surface area contributed by atoms with Crippen molar-refractivity contribution in [2.45, 2.75) is 31.7 Å². The Morgan fingerprint density at radius 3 is 2.22 bits per heavy atom. The van der Waals surface area contributed by atoms with E-state index < -0.39 is 29.9 Å². The summed E-state index contributed by atoms with van der Waals surface area (Å²) in [6, 6.07) is 15.0. The summed E-state index contributed by atoms with van der Waals surface area (Å²) in [4.78, 5) is 36.0. The van der Waals surface area contributed by atoms with Crippen molar-refractivity contribution in [3.8, 4) is 23.5 Å². The van der Waals surface area contributed by atoms with Crippen LogP contribution < -0.4 is 10.6 Å². The topological polar surface area (TPSA) is 105 Å². The van der Waals surface area contributed by atoms with Gasteiger partial charge in [-0.3, -0.25) is 9.59 Å². The Bertz CT molecular complexity index is 997. The van der Waals surface area contributed by atoms with Crippen LogP contribution in [0.3, 0.4) is 0 Å². The smallest absolute Gasteiger partial charge is 0.407 e. The first-order valence-electron chi connectivity index (χ1n) is 10.5. The highest BCUT2D eigenvalue weighted by Crippen LogP contribution is 2.44. The number of rotatable bonds is 9. The molecule has 0 spiro atoms. The summed E-state index contributed by atoms with van der Waals surface area (Å²) in [5.41, 5.74) is 4.40. The number of terminal acetylenes is 1. The number of amides is 2. The minimum absolute atomic E-state index is 0.0418. The van der Waals surface area contributed by atoms with Crippen LogP contribution in [0.15, 0.2) is 48.5 Å². The molecule has 0 saturated carbocycles. The van der Waals surface area contributed by atoms with Crippen LogP contribution in [0, 0.1) is 18.3 Å². The second kappa shape index (κ2) is 10.5. The second-order valence-corrected chi connectivity index (χ2v) is 7.62. The van der Waals surface area contributed by atoms with Gasteiger partial charge < -0.3 is 20.5 Å². The van der Waals surface area contributed by atoms with Crippen molar-refractivity contribution in [1.29, 1.82) is 0 Å². The molecular weight excluding hydrogens is 408 g/mol. The van der Waals surface area contributed by atoms with Crippen molar-refractivity contribution in [3.63, 3.8) is 0 Å². The number of ether oxygens (including phenoxy) is 1. The molecule has 3 N–H and O–H groups in total. The molecule has 0 heterocycles. The van der Waals surface area contributed by atoms with Crippen LogP contribution in [0.2, 0.25) is 0 Å². The summed E-state index contributed by atoms with van der Waals surface area (Å²) in [5, 5.41) is 14.2. The fraction of sp³-hybridized carbons (Fsp3) is 0.320. The molecule has 0 bridgehead atoms. The molecule has 3 rings (SSSR count). The number of hydrogen-bond acceptors (Lipinski definition) is 4. The maximum atomic E-state index is 12.4. The van der Waals surface area contributed by atoms with Gasteiger partial charge in [0.25, 0.3) is 0 Å². The zero-order valence-corrected chi connectivity index (χ0v) is 17.8. The van der Waals surface area contributed by atoms with Crippen LogP contribution in [0.5, 0.6) is 0 Å². The lowest BCUT2D eigenvalue weighted by Gasteiger charge is -2.19. The van der Waals surface area contributed by atoms with E-state index >= 15 is 0 Å². The van der Waals surface area contributed by atoms with E-state index in [-0.39, 0.29) is 25.5 Å². The van der Waals surface area contributed by atoms with Crippen molar-refractivity contribution in [3.05, 3.63) is 59.7 Å². The van der Waals surface area contributed by atoms with Crippen molar-refractivity contribution in [1.82, 2.24) is 10.6 Å². The molecule has 0 aliphatic heterocycles. The zero-order chi connectivity index (χ0) is 23.1. The normalized spacial score (nSPS) is 13.8. The molecule has 2 amide bonds. The van der Waals surface area contributed by atoms with Gasteiger partial charge in [0.15, 0.2) is 0 Å². The number of carbonyl (C=O) groups is 3. The molecular formula is C25H26N2O5. The highest BCUT2D eigenvalue weighted by molar-refractivity contribution is 5.86. The molecule has 1 aliphatic rings. The molecule has 2 aromatic carbocycles. The molecule has 7 heteroatoms. The average molecular weight is 434 g/mol. The Morgan fingerprint density at radius 2 is 1.69 bits per heavy atom. The minimum atomic E-state index is -1.01. The van der Waals surface area contributed by atoms with E-state index in [1.54, 1.807) is 6.92 Å². The predicted octanol–water partition coefficient (Wildman–Crippen LogP) is 3.14. The number of alkyl carbamates (subject to hydrolysis) is 1. The first-order valence-corrected chi connectivity index (χ1v) is 10.5. The molecule has 0 radical (unpaired) electrons. The third-order valence-corrected chi connectivity index (χ3v) is 5.64. The van der Waals surface area contributed by atoms with Crippen LogP contribution in [0.4, 0.5) is 4.79 Å². The molecule has 2 aromatic rings. The molecule has 166 valence electrons. The Morgan fingerprint density at radius 1 is 1.09 bits per heavy atom. The summed E-state index contributed by atoms with van der Waals surface area (Å²) in [5.74, 6) is 0.00313. The first kappa shape index (κ1) is 22.9. The van der Waals surface area contributed by atoms with Gasteiger partial charge in [-0.2, -0.15) is 0 Å². The van der Waals surface area contributed by atoms with Gasteiger partial charge in [0.1, 0.15) is 12.6 Å². The molecule has 2 atom stereocenters. The number of carboxylic acid groups (broad SMARTS) is 1. The van der Waals surface area contributed by atoms with E-state index in [1.807, 2.05) is 48.5 Å². The maximum Gasteiger partial charge on any atom is 0.407 e. The lowest BCUT2D eigenvalue weighted by atomic mass is 9.98. The Balaban J connectivity index is 1.61. The van der Waals surface area contributed by atoms with Gasteiger partial charge >= 0.3 is 12.1 Å². The Kier molecular flexibility index (Phi) is 7.50. The van der Waals surface area contributed by atoms with Crippen molar-refractivity contribution in [2.24, 2.45) is 5.92 Å². The highest BCUT2D eigenvalue weighted by Gasteiger charge is 2.30. The van der Waals surface area contributed by atoms with Crippen molar-refractivity contribution >= 4 is 18.0 Å². The quantitative estimate of drug-likeness (QED) is 0.526. The highest BCUT2D eigenvalue weighted by atomic mass is 16.5. The fourth-order valence-corrected chi connectivity index (χ4v) is 3.86. The third kappa shape index (κ3) is 5.09. The van der Waals surface area contributed by atoms with Crippen LogP contribution in [-0.4, -0.2) is 42.3 Å². The van der Waals surface area contributed by atoms with E-state index in [1.165, 1.54) is 0 Å². The summed E-state index contributed by atoms with van der Waals surface area (Å²) in [6.45, 7) is 1.79. The molecule has 0 aromatic heterocycles. The third-order valence-electron chi connectivity index (χ3n) is 5.64. The predicted molar refractivity (Wildman–Crippen MR) is 120 cm³/mol. The minimum Gasteiger partial charge on any atom is -0.481 e. The van der Waals surface area contributed by atoms with E-state index in [9.17, 15) is 14.4 Å². The van der Waals surface area contributed by atoms with Gasteiger partial charge in [-0.25, -0.2) is 4.79 Å². The molecule has 1 aliphatic carbocycles. The average Bonchev–Trinajstić information content (AvgIpc) is 3.11. The Labute approximate surface area is 187 Å². The number of carboxylic acids is 1. The standard InChI is InChI=1S/C25H26N2O5/c1-3-9-22(23(28)26-14-16(4-2)24(29)30)27-25(31)32-15-21-19-12-7-5-10-17(19)18-11-6-8-13-20(18)21/h1,5-8,10-13,16,21-22H,4,9,14-15H2,2H3,(H,26,28)(H,27,31)(H,29,30). The lowest BCUT2D eigenvalue weighted by molar-refractivity contribution is -0.141. The van der Waals surface area contributed by atoms with Gasteiger partial charge in [-0.15, -0.1) is 12.3 Å². The lowest BCUT2D eigenvalue weighted by Crippen LogP contribution is -2.48. The number of nitrogens with one attached hydrogen (secondary N) is 2. The SMILES string of the molecule is C#CCC(NC(=O)OCC1c2ccccc2-c2ccccc21)C(=O)NCC(CC)C(=O)O. The maximum absolute atomic E-state index is 12.4. The van der Waals surface area contributed by atoms with Crippen molar-refractivity contribution in [2.75, 3.05) is 13.2 Å². The number of carbonyl (C=O) groups excluding carboxylic acids is 2. The van der Waals surface area contributed by atoms with E-state index in [0.29, 0.717) is 6.42 Å². The number of aliphatic carboxylic acids is 1. The fourth-order valence-electron chi connectivity index (χ4n) is 3.86. The van der Waals surface area contributed by atoms with E-state index in [0.717, 1.165) is 22.3 Å². The molecule has 0 saturated heterocycles. The monoisotopic (exact) mass is 434 g/mol. The second-order valence-electron chi connectivity index (χ2n) is 7.62. The van der Waals surface area contributed by atoms with Crippen LogP contribution in [0.25, 0.3) is 11.1 Å².